The smallest absolute Gasteiger partial charge is 0.179 e. The second kappa shape index (κ2) is 6.65. The number of oxime groups is 1. The van der Waals surface area contributed by atoms with E-state index in [0.717, 1.165) is 31.4 Å². The molecule has 0 aromatic rings. The van der Waals surface area contributed by atoms with E-state index >= 15 is 0 Å². The number of ether oxygens (including phenoxy) is 4. The van der Waals surface area contributed by atoms with Gasteiger partial charge in [-0.1, -0.05) is 24.9 Å². The molecular formula is C23H35NO5. The molecule has 1 unspecified atom stereocenters. The minimum absolute atomic E-state index is 0.237. The highest BCUT2D eigenvalue weighted by Gasteiger charge is 2.73. The van der Waals surface area contributed by atoms with E-state index in [1.54, 1.807) is 0 Å². The fourth-order valence-corrected chi connectivity index (χ4v) is 8.92. The molecule has 6 nitrogen and oxygen atoms in total. The Balaban J connectivity index is 1.44. The van der Waals surface area contributed by atoms with Crippen LogP contribution in [-0.2, 0) is 18.9 Å². The van der Waals surface area contributed by atoms with Crippen LogP contribution < -0.4 is 0 Å². The minimum atomic E-state index is -0.568. The molecule has 6 aliphatic rings. The van der Waals surface area contributed by atoms with Crippen LogP contribution in [0.15, 0.2) is 5.16 Å². The Morgan fingerprint density at radius 3 is 2.41 bits per heavy atom. The maximum atomic E-state index is 9.95. The van der Waals surface area contributed by atoms with Crippen LogP contribution in [0, 0.1) is 34.5 Å². The maximum absolute atomic E-state index is 9.95. The summed E-state index contributed by atoms with van der Waals surface area (Å²) in [4.78, 5) is 0. The molecule has 1 spiro atoms. The Bertz CT molecular complexity index is 685. The zero-order valence-electron chi connectivity index (χ0n) is 17.6. The molecule has 0 amide bonds. The highest BCUT2D eigenvalue weighted by Crippen LogP contribution is 2.70. The number of rotatable bonds is 0. The van der Waals surface area contributed by atoms with E-state index < -0.39 is 5.79 Å². The molecule has 2 bridgehead atoms. The van der Waals surface area contributed by atoms with E-state index in [1.807, 2.05) is 0 Å². The average Bonchev–Trinajstić information content (AvgIpc) is 2.91. The van der Waals surface area contributed by atoms with E-state index in [2.05, 4.69) is 12.1 Å². The molecule has 2 aliphatic heterocycles. The third-order valence-corrected chi connectivity index (χ3v) is 9.93. The third kappa shape index (κ3) is 2.35. The molecule has 1 N–H and O–H groups in total. The molecule has 0 aromatic heterocycles. The second-order valence-electron chi connectivity index (χ2n) is 10.6. The van der Waals surface area contributed by atoms with Gasteiger partial charge in [0.2, 0.25) is 0 Å². The normalized spacial score (nSPS) is 55.8. The van der Waals surface area contributed by atoms with Gasteiger partial charge in [-0.3, -0.25) is 0 Å². The number of hydrogen-bond donors (Lipinski definition) is 1. The van der Waals surface area contributed by atoms with Gasteiger partial charge < -0.3 is 24.2 Å². The first-order chi connectivity index (χ1) is 14.1. The molecule has 2 saturated heterocycles. The lowest BCUT2D eigenvalue weighted by molar-refractivity contribution is -0.317. The lowest BCUT2D eigenvalue weighted by Crippen LogP contribution is -2.63. The Morgan fingerprint density at radius 2 is 1.66 bits per heavy atom. The van der Waals surface area contributed by atoms with E-state index in [9.17, 15) is 5.21 Å². The molecular weight excluding hydrogens is 370 g/mol. The van der Waals surface area contributed by atoms with Crippen molar-refractivity contribution in [3.63, 3.8) is 0 Å². The summed E-state index contributed by atoms with van der Waals surface area (Å²) >= 11 is 0. The van der Waals surface area contributed by atoms with Gasteiger partial charge in [-0.15, -0.1) is 0 Å². The van der Waals surface area contributed by atoms with E-state index in [4.69, 9.17) is 18.9 Å². The summed E-state index contributed by atoms with van der Waals surface area (Å²) in [6.45, 7) is 4.78. The summed E-state index contributed by atoms with van der Waals surface area (Å²) in [7, 11) is 0. The monoisotopic (exact) mass is 405 g/mol. The molecule has 29 heavy (non-hydrogen) atoms. The quantitative estimate of drug-likeness (QED) is 0.488. The lowest BCUT2D eigenvalue weighted by atomic mass is 9.44. The molecule has 162 valence electrons. The first-order valence-electron chi connectivity index (χ1n) is 11.9. The van der Waals surface area contributed by atoms with Gasteiger partial charge in [0.1, 0.15) is 0 Å². The van der Waals surface area contributed by atoms with Crippen molar-refractivity contribution < 1.29 is 24.2 Å². The van der Waals surface area contributed by atoms with Gasteiger partial charge in [-0.2, -0.15) is 0 Å². The molecule has 0 aromatic carbocycles. The average molecular weight is 406 g/mol. The summed E-state index contributed by atoms with van der Waals surface area (Å²) in [5, 5.41) is 13.8. The molecule has 0 radical (unpaired) electrons. The van der Waals surface area contributed by atoms with E-state index in [0.29, 0.717) is 50.1 Å². The van der Waals surface area contributed by atoms with Crippen molar-refractivity contribution in [2.24, 2.45) is 39.7 Å². The molecule has 6 atom stereocenters. The van der Waals surface area contributed by atoms with Crippen LogP contribution in [0.25, 0.3) is 0 Å². The maximum Gasteiger partial charge on any atom is 0.179 e. The molecule has 6 heteroatoms. The van der Waals surface area contributed by atoms with Crippen molar-refractivity contribution in [2.75, 3.05) is 26.4 Å². The molecule has 4 aliphatic carbocycles. The summed E-state index contributed by atoms with van der Waals surface area (Å²) in [6, 6.07) is 0. The summed E-state index contributed by atoms with van der Waals surface area (Å²) in [6.07, 6.45) is 9.91. The van der Waals surface area contributed by atoms with Gasteiger partial charge in [-0.25, -0.2) is 0 Å². The van der Waals surface area contributed by atoms with Gasteiger partial charge in [0.25, 0.3) is 0 Å². The van der Waals surface area contributed by atoms with Gasteiger partial charge in [0, 0.05) is 12.3 Å². The van der Waals surface area contributed by atoms with Crippen LogP contribution in [0.1, 0.15) is 64.7 Å². The molecule has 4 saturated carbocycles. The van der Waals surface area contributed by atoms with E-state index in [1.165, 1.54) is 32.1 Å². The topological polar surface area (TPSA) is 69.5 Å². The largest absolute Gasteiger partial charge is 0.411 e. The summed E-state index contributed by atoms with van der Waals surface area (Å²) in [5.74, 6) is 1.48. The Hall–Kier alpha value is -0.690. The third-order valence-electron chi connectivity index (χ3n) is 9.93. The van der Waals surface area contributed by atoms with Crippen molar-refractivity contribution in [3.8, 4) is 0 Å². The zero-order valence-corrected chi connectivity index (χ0v) is 17.6. The zero-order chi connectivity index (χ0) is 19.7. The van der Waals surface area contributed by atoms with Gasteiger partial charge in [-0.05, 0) is 61.7 Å². The number of fused-ring (bicyclic) bond motifs is 4. The second-order valence-corrected chi connectivity index (χ2v) is 10.6. The minimum Gasteiger partial charge on any atom is -0.411 e. The van der Waals surface area contributed by atoms with Crippen molar-refractivity contribution in [1.82, 2.24) is 0 Å². The van der Waals surface area contributed by atoms with Crippen LogP contribution >= 0.6 is 0 Å². The van der Waals surface area contributed by atoms with Crippen molar-refractivity contribution in [2.45, 2.75) is 76.8 Å². The molecule has 6 rings (SSSR count). The first-order valence-corrected chi connectivity index (χ1v) is 11.9. The van der Waals surface area contributed by atoms with Gasteiger partial charge in [0.05, 0.1) is 37.6 Å². The highest BCUT2D eigenvalue weighted by molar-refractivity contribution is 5.88. The number of hydrogen-bond acceptors (Lipinski definition) is 6. The van der Waals surface area contributed by atoms with Crippen molar-refractivity contribution >= 4 is 5.71 Å². The van der Waals surface area contributed by atoms with Crippen LogP contribution in [0.5, 0.6) is 0 Å². The molecule has 2 heterocycles. The molecule has 6 fully saturated rings. The summed E-state index contributed by atoms with van der Waals surface area (Å²) < 4.78 is 25.5. The predicted molar refractivity (Wildman–Crippen MR) is 106 cm³/mol. The predicted octanol–water partition coefficient (Wildman–Crippen LogP) is 3.96. The summed E-state index contributed by atoms with van der Waals surface area (Å²) in [5.41, 5.74) is 1.06. The highest BCUT2D eigenvalue weighted by atomic mass is 16.8. The van der Waals surface area contributed by atoms with Gasteiger partial charge >= 0.3 is 0 Å². The van der Waals surface area contributed by atoms with Crippen LogP contribution in [0.3, 0.4) is 0 Å². The van der Waals surface area contributed by atoms with E-state index in [-0.39, 0.29) is 17.1 Å². The van der Waals surface area contributed by atoms with Crippen molar-refractivity contribution in [3.05, 3.63) is 0 Å². The Morgan fingerprint density at radius 1 is 0.897 bits per heavy atom. The SMILES string of the molecule is C[C@]12CCCCC1/C(=N/O)C[C@@H]1[C@@H]2CC[C@]23C4OCCOC2(CC[C@@H]13)OCCO4. The lowest BCUT2D eigenvalue weighted by Gasteiger charge is -2.62. The van der Waals surface area contributed by atoms with Crippen LogP contribution in [0.4, 0.5) is 0 Å². The standard InChI is InChI=1S/C23H35NO5/c1-21-7-3-2-4-18(21)19(24-25)14-15-16(21)5-8-22-17(15)6-9-23(22)28-12-10-26-20(22)27-11-13-29-23/h15-18,20,25H,2-14H2,1H3/b24-19+/t15-,16+,17+,18?,20?,21-,22+,23?/m1/s1. The van der Waals surface area contributed by atoms with Crippen LogP contribution in [0.2, 0.25) is 0 Å². The number of nitrogens with zero attached hydrogens (tertiary/aromatic N) is 1. The first kappa shape index (κ1) is 19.0. The Labute approximate surface area is 173 Å². The fourth-order valence-electron chi connectivity index (χ4n) is 8.92. The van der Waals surface area contributed by atoms with Gasteiger partial charge in [0.15, 0.2) is 12.1 Å². The van der Waals surface area contributed by atoms with Crippen molar-refractivity contribution in [1.29, 1.82) is 0 Å². The Kier molecular flexibility index (Phi) is 4.36. The van der Waals surface area contributed by atoms with Crippen LogP contribution in [-0.4, -0.2) is 49.4 Å². The fraction of sp³-hybridized carbons (Fsp3) is 0.957.